The van der Waals surface area contributed by atoms with Crippen molar-refractivity contribution in [1.29, 1.82) is 5.26 Å². The number of amides is 1. The van der Waals surface area contributed by atoms with Gasteiger partial charge in [0.15, 0.2) is 5.58 Å². The number of fused-ring (bicyclic) bond motifs is 1. The summed E-state index contributed by atoms with van der Waals surface area (Å²) in [7, 11) is 1.24. The van der Waals surface area contributed by atoms with Gasteiger partial charge in [-0.1, -0.05) is 12.2 Å². The van der Waals surface area contributed by atoms with Crippen LogP contribution in [0.5, 0.6) is 0 Å². The molecule has 212 valence electrons. The Morgan fingerprint density at radius 2 is 1.90 bits per heavy atom. The largest absolute Gasteiger partial charge is 0.465 e. The van der Waals surface area contributed by atoms with Crippen molar-refractivity contribution in [2.24, 2.45) is 5.92 Å². The second kappa shape index (κ2) is 11.5. The van der Waals surface area contributed by atoms with Crippen LogP contribution in [0.1, 0.15) is 22.3 Å². The van der Waals surface area contributed by atoms with Gasteiger partial charge in [-0.3, -0.25) is 9.69 Å². The van der Waals surface area contributed by atoms with E-state index in [4.69, 9.17) is 9.15 Å². The Balaban J connectivity index is 1.16. The fourth-order valence-corrected chi connectivity index (χ4v) is 4.83. The Morgan fingerprint density at radius 1 is 1.17 bits per heavy atom. The second-order valence-corrected chi connectivity index (χ2v) is 9.76. The van der Waals surface area contributed by atoms with E-state index in [0.29, 0.717) is 42.9 Å². The highest BCUT2D eigenvalue weighted by atomic mass is 19.4. The van der Waals surface area contributed by atoms with E-state index in [-0.39, 0.29) is 41.5 Å². The summed E-state index contributed by atoms with van der Waals surface area (Å²) >= 11 is 0. The molecule has 3 aromatic rings. The Labute approximate surface area is 233 Å². The summed E-state index contributed by atoms with van der Waals surface area (Å²) in [4.78, 5) is 33.3. The monoisotopic (exact) mass is 565 g/mol. The maximum absolute atomic E-state index is 12.9. The number of ether oxygens (including phenoxy) is 1. The molecule has 2 aromatic carbocycles. The highest BCUT2D eigenvalue weighted by Crippen LogP contribution is 2.34. The number of allylic oxidation sites excluding steroid dienone is 3. The number of alkyl halides is 3. The number of hydrogen-bond donors (Lipinski definition) is 1. The van der Waals surface area contributed by atoms with Crippen LogP contribution >= 0.6 is 0 Å². The third-order valence-corrected chi connectivity index (χ3v) is 7.05. The number of piperazine rings is 1. The van der Waals surface area contributed by atoms with E-state index in [2.05, 4.69) is 10.3 Å². The molecule has 1 saturated heterocycles. The molecule has 0 bridgehead atoms. The molecule has 1 aliphatic carbocycles. The van der Waals surface area contributed by atoms with Gasteiger partial charge in [-0.25, -0.2) is 9.78 Å². The van der Waals surface area contributed by atoms with E-state index < -0.39 is 18.1 Å². The number of carbonyl (C=O) groups excluding carboxylic acids is 2. The number of nitrogens with zero attached hydrogens (tertiary/aromatic N) is 4. The molecular formula is C29H26F3N5O4. The SMILES string of the molecule is COC(=O)c1cc(C#N)cc2nc(-c3ccc(NC(=O)CN4CCN(C5=CCC(C(F)(F)F)C=C5)CC4)cc3)oc12. The zero-order valence-electron chi connectivity index (χ0n) is 22.1. The highest BCUT2D eigenvalue weighted by molar-refractivity contribution is 6.02. The van der Waals surface area contributed by atoms with E-state index in [9.17, 15) is 28.0 Å². The molecule has 0 spiro atoms. The van der Waals surface area contributed by atoms with E-state index in [1.165, 1.54) is 31.4 Å². The van der Waals surface area contributed by atoms with Gasteiger partial charge in [-0.05, 0) is 48.9 Å². The van der Waals surface area contributed by atoms with Crippen molar-refractivity contribution < 1.29 is 31.9 Å². The molecule has 1 unspecified atom stereocenters. The first-order chi connectivity index (χ1) is 19.6. The maximum Gasteiger partial charge on any atom is 0.395 e. The summed E-state index contributed by atoms with van der Waals surface area (Å²) in [5.74, 6) is -2.02. The first kappa shape index (κ1) is 27.9. The van der Waals surface area contributed by atoms with Crippen LogP contribution < -0.4 is 5.32 Å². The molecule has 0 radical (unpaired) electrons. The van der Waals surface area contributed by atoms with Crippen LogP contribution in [0.25, 0.3) is 22.6 Å². The van der Waals surface area contributed by atoms with Crippen LogP contribution in [0, 0.1) is 17.2 Å². The van der Waals surface area contributed by atoms with Gasteiger partial charge in [0.05, 0.1) is 31.2 Å². The first-order valence-corrected chi connectivity index (χ1v) is 12.9. The standard InChI is InChI=1S/C29H26F3N5O4/c1-40-28(39)23-14-18(16-33)15-24-26(23)41-27(35-24)19-2-6-21(7-3-19)34-25(38)17-36-10-12-37(13-11-36)22-8-4-20(5-9-22)29(30,31)32/h2-4,6-9,14-15,20H,5,10-13,17H2,1H3,(H,34,38). The molecule has 1 N–H and O–H groups in total. The van der Waals surface area contributed by atoms with Crippen molar-refractivity contribution in [3.05, 3.63) is 71.5 Å². The first-order valence-electron chi connectivity index (χ1n) is 12.9. The van der Waals surface area contributed by atoms with Crippen LogP contribution in [0.2, 0.25) is 0 Å². The lowest BCUT2D eigenvalue weighted by molar-refractivity contribution is -0.160. The van der Waals surface area contributed by atoms with E-state index in [1.54, 1.807) is 30.3 Å². The number of rotatable bonds is 6. The molecule has 2 heterocycles. The molecule has 1 fully saturated rings. The van der Waals surface area contributed by atoms with Gasteiger partial charge in [-0.15, -0.1) is 0 Å². The predicted octanol–water partition coefficient (Wildman–Crippen LogP) is 4.73. The highest BCUT2D eigenvalue weighted by Gasteiger charge is 2.38. The molecular weight excluding hydrogens is 539 g/mol. The normalized spacial score (nSPS) is 17.7. The van der Waals surface area contributed by atoms with Crippen molar-refractivity contribution >= 4 is 28.7 Å². The maximum atomic E-state index is 12.9. The zero-order chi connectivity index (χ0) is 29.1. The number of hydrogen-bond acceptors (Lipinski definition) is 8. The predicted molar refractivity (Wildman–Crippen MR) is 144 cm³/mol. The molecule has 5 rings (SSSR count). The molecule has 1 aromatic heterocycles. The molecule has 2 aliphatic rings. The Bertz CT molecular complexity index is 1560. The summed E-state index contributed by atoms with van der Waals surface area (Å²) in [5, 5.41) is 12.1. The second-order valence-electron chi connectivity index (χ2n) is 9.76. The van der Waals surface area contributed by atoms with Gasteiger partial charge in [0.25, 0.3) is 0 Å². The molecule has 41 heavy (non-hydrogen) atoms. The van der Waals surface area contributed by atoms with Crippen LogP contribution in [-0.2, 0) is 9.53 Å². The third kappa shape index (κ3) is 6.25. The fourth-order valence-electron chi connectivity index (χ4n) is 4.83. The minimum absolute atomic E-state index is 0.0558. The van der Waals surface area contributed by atoms with Crippen molar-refractivity contribution in [2.45, 2.75) is 12.6 Å². The zero-order valence-corrected chi connectivity index (χ0v) is 22.1. The molecule has 9 nitrogen and oxygen atoms in total. The lowest BCUT2D eigenvalue weighted by Gasteiger charge is -2.37. The van der Waals surface area contributed by atoms with E-state index >= 15 is 0 Å². The summed E-state index contributed by atoms with van der Waals surface area (Å²) in [5.41, 5.74) is 2.89. The molecule has 1 aliphatic heterocycles. The lowest BCUT2D eigenvalue weighted by atomic mass is 9.98. The van der Waals surface area contributed by atoms with Crippen molar-refractivity contribution in [2.75, 3.05) is 45.2 Å². The van der Waals surface area contributed by atoms with Crippen molar-refractivity contribution in [3.8, 4) is 17.5 Å². The van der Waals surface area contributed by atoms with Crippen LogP contribution in [0.4, 0.5) is 18.9 Å². The van der Waals surface area contributed by atoms with Gasteiger partial charge in [0, 0.05) is 43.1 Å². The Hall–Kier alpha value is -4.63. The fraction of sp³-hybridized carbons (Fsp3) is 0.310. The average Bonchev–Trinajstić information content (AvgIpc) is 3.41. The van der Waals surface area contributed by atoms with E-state index in [0.717, 1.165) is 5.70 Å². The number of oxazole rings is 1. The van der Waals surface area contributed by atoms with Crippen molar-refractivity contribution in [1.82, 2.24) is 14.8 Å². The van der Waals surface area contributed by atoms with E-state index in [1.807, 2.05) is 15.9 Å². The van der Waals surface area contributed by atoms with Gasteiger partial charge < -0.3 is 19.4 Å². The summed E-state index contributed by atoms with van der Waals surface area (Å²) in [6.45, 7) is 2.64. The van der Waals surface area contributed by atoms with Crippen LogP contribution in [0.15, 0.2) is 64.7 Å². The number of carbonyl (C=O) groups is 2. The lowest BCUT2D eigenvalue weighted by Crippen LogP contribution is -2.48. The Morgan fingerprint density at radius 3 is 2.51 bits per heavy atom. The number of nitrogens with one attached hydrogen (secondary N) is 1. The number of anilines is 1. The number of methoxy groups -OCH3 is 1. The average molecular weight is 566 g/mol. The minimum Gasteiger partial charge on any atom is -0.465 e. The number of halogens is 3. The van der Waals surface area contributed by atoms with Crippen molar-refractivity contribution in [3.63, 3.8) is 0 Å². The summed E-state index contributed by atoms with van der Waals surface area (Å²) in [6, 6.07) is 11.8. The number of nitriles is 1. The topological polar surface area (TPSA) is 112 Å². The minimum atomic E-state index is -4.23. The Kier molecular flexibility index (Phi) is 7.81. The number of esters is 1. The molecule has 12 heteroatoms. The molecule has 0 saturated carbocycles. The quantitative estimate of drug-likeness (QED) is 0.427. The summed E-state index contributed by atoms with van der Waals surface area (Å²) in [6.07, 6.45) is 0.103. The molecule has 1 amide bonds. The van der Waals surface area contributed by atoms with Gasteiger partial charge in [0.1, 0.15) is 11.1 Å². The number of benzene rings is 2. The number of aromatic nitrogens is 1. The summed E-state index contributed by atoms with van der Waals surface area (Å²) < 4.78 is 49.3. The van der Waals surface area contributed by atoms with Gasteiger partial charge >= 0.3 is 12.1 Å². The van der Waals surface area contributed by atoms with Crippen LogP contribution in [0.3, 0.4) is 0 Å². The van der Waals surface area contributed by atoms with Gasteiger partial charge in [0.2, 0.25) is 11.8 Å². The molecule has 1 atom stereocenters. The third-order valence-electron chi connectivity index (χ3n) is 7.05. The smallest absolute Gasteiger partial charge is 0.395 e. The van der Waals surface area contributed by atoms with Gasteiger partial charge in [-0.2, -0.15) is 18.4 Å². The van der Waals surface area contributed by atoms with Crippen LogP contribution in [-0.4, -0.2) is 72.7 Å².